The van der Waals surface area contributed by atoms with Crippen molar-refractivity contribution in [1.82, 2.24) is 9.62 Å². The number of hydrogen-bond acceptors (Lipinski definition) is 3. The Morgan fingerprint density at radius 3 is 2.12 bits per heavy atom. The summed E-state index contributed by atoms with van der Waals surface area (Å²) in [6, 6.07) is 21.7. The maximum Gasteiger partial charge on any atom is 0.243 e. The van der Waals surface area contributed by atoms with Crippen LogP contribution in [0.5, 0.6) is 0 Å². The number of hydrogen-bond donors (Lipinski definition) is 1. The van der Waals surface area contributed by atoms with Crippen LogP contribution in [0, 0.1) is 0 Å². The van der Waals surface area contributed by atoms with E-state index in [1.807, 2.05) is 24.3 Å². The van der Waals surface area contributed by atoms with E-state index < -0.39 is 10.0 Å². The molecule has 1 saturated heterocycles. The molecule has 0 bridgehead atoms. The Morgan fingerprint density at radius 2 is 1.40 bits per heavy atom. The Hall–Kier alpha value is -2.21. The van der Waals surface area contributed by atoms with Gasteiger partial charge in [0.1, 0.15) is 0 Å². The fraction of sp³-hybridized carbons (Fsp3) is 0.200. The van der Waals surface area contributed by atoms with E-state index in [0.717, 1.165) is 11.1 Å². The molecule has 1 aliphatic rings. The van der Waals surface area contributed by atoms with E-state index in [0.29, 0.717) is 31.1 Å². The largest absolute Gasteiger partial charge is 0.314 e. The second-order valence-corrected chi connectivity index (χ2v) is 8.18. The van der Waals surface area contributed by atoms with Crippen molar-refractivity contribution in [3.05, 3.63) is 66.7 Å². The minimum atomic E-state index is -3.40. The highest BCUT2D eigenvalue weighted by molar-refractivity contribution is 7.89. The second-order valence-electron chi connectivity index (χ2n) is 6.24. The lowest BCUT2D eigenvalue weighted by molar-refractivity contribution is 0.360. The van der Waals surface area contributed by atoms with Gasteiger partial charge in [-0.15, -0.1) is 0 Å². The fourth-order valence-electron chi connectivity index (χ4n) is 3.22. The fourth-order valence-corrected chi connectivity index (χ4v) is 4.66. The van der Waals surface area contributed by atoms with E-state index in [1.54, 1.807) is 16.4 Å². The van der Waals surface area contributed by atoms with Gasteiger partial charge in [-0.05, 0) is 40.1 Å². The predicted molar refractivity (Wildman–Crippen MR) is 101 cm³/mol. The lowest BCUT2D eigenvalue weighted by atomic mass is 10.0. The number of sulfonamides is 1. The number of benzene rings is 3. The van der Waals surface area contributed by atoms with Gasteiger partial charge in [-0.3, -0.25) is 0 Å². The van der Waals surface area contributed by atoms with Crippen LogP contribution in [0.15, 0.2) is 71.6 Å². The summed E-state index contributed by atoms with van der Waals surface area (Å²) in [4.78, 5) is 0.360. The van der Waals surface area contributed by atoms with Gasteiger partial charge in [-0.25, -0.2) is 8.42 Å². The number of nitrogens with zero attached hydrogens (tertiary/aromatic N) is 1. The zero-order valence-corrected chi connectivity index (χ0v) is 14.7. The quantitative estimate of drug-likeness (QED) is 0.788. The van der Waals surface area contributed by atoms with E-state index in [2.05, 4.69) is 35.6 Å². The van der Waals surface area contributed by atoms with Crippen molar-refractivity contribution >= 4 is 20.8 Å². The first kappa shape index (κ1) is 16.3. The first-order valence-electron chi connectivity index (χ1n) is 8.45. The molecule has 0 unspecified atom stereocenters. The summed E-state index contributed by atoms with van der Waals surface area (Å²) in [5, 5.41) is 5.55. The van der Waals surface area contributed by atoms with Crippen LogP contribution in [0.1, 0.15) is 0 Å². The summed E-state index contributed by atoms with van der Waals surface area (Å²) in [6.45, 7) is 2.45. The molecule has 5 heteroatoms. The van der Waals surface area contributed by atoms with Crippen LogP contribution in [0.3, 0.4) is 0 Å². The molecule has 0 atom stereocenters. The normalized spacial score (nSPS) is 16.2. The van der Waals surface area contributed by atoms with E-state index in [9.17, 15) is 8.42 Å². The van der Waals surface area contributed by atoms with Crippen LogP contribution in [0.4, 0.5) is 0 Å². The molecule has 4 rings (SSSR count). The number of piperazine rings is 1. The second kappa shape index (κ2) is 6.59. The molecule has 0 radical (unpaired) electrons. The van der Waals surface area contributed by atoms with Gasteiger partial charge in [0.15, 0.2) is 0 Å². The van der Waals surface area contributed by atoms with Gasteiger partial charge in [-0.1, -0.05) is 48.5 Å². The maximum absolute atomic E-state index is 12.7. The smallest absolute Gasteiger partial charge is 0.243 e. The minimum absolute atomic E-state index is 0.360. The summed E-state index contributed by atoms with van der Waals surface area (Å²) in [5.41, 5.74) is 2.11. The average Bonchev–Trinajstić information content (AvgIpc) is 2.68. The topological polar surface area (TPSA) is 49.4 Å². The van der Waals surface area contributed by atoms with Crippen molar-refractivity contribution < 1.29 is 8.42 Å². The Kier molecular flexibility index (Phi) is 4.29. The predicted octanol–water partition coefficient (Wildman–Crippen LogP) is 3.10. The molecule has 1 fully saturated rings. The third-order valence-electron chi connectivity index (χ3n) is 4.65. The molecule has 0 aliphatic carbocycles. The SMILES string of the molecule is O=S(=O)(c1ccc(-c2ccc3ccccc3c2)cc1)N1CCNCC1. The molecule has 1 N–H and O–H groups in total. The van der Waals surface area contributed by atoms with Crippen molar-refractivity contribution in [2.45, 2.75) is 4.90 Å². The first-order chi connectivity index (χ1) is 12.1. The Morgan fingerprint density at radius 1 is 0.760 bits per heavy atom. The van der Waals surface area contributed by atoms with Gasteiger partial charge in [0, 0.05) is 26.2 Å². The molecule has 4 nitrogen and oxygen atoms in total. The zero-order valence-electron chi connectivity index (χ0n) is 13.9. The highest BCUT2D eigenvalue weighted by Gasteiger charge is 2.25. The van der Waals surface area contributed by atoms with Crippen LogP contribution >= 0.6 is 0 Å². The Bertz CT molecular complexity index is 992. The van der Waals surface area contributed by atoms with Crippen LogP contribution in [0.2, 0.25) is 0 Å². The third kappa shape index (κ3) is 3.18. The third-order valence-corrected chi connectivity index (χ3v) is 6.56. The Balaban J connectivity index is 1.64. The lowest BCUT2D eigenvalue weighted by Gasteiger charge is -2.26. The highest BCUT2D eigenvalue weighted by Crippen LogP contribution is 2.26. The van der Waals surface area contributed by atoms with Gasteiger partial charge >= 0.3 is 0 Å². The average molecular weight is 352 g/mol. The highest BCUT2D eigenvalue weighted by atomic mass is 32.2. The van der Waals surface area contributed by atoms with Crippen LogP contribution in [0.25, 0.3) is 21.9 Å². The van der Waals surface area contributed by atoms with Crippen molar-refractivity contribution in [1.29, 1.82) is 0 Å². The molecule has 1 aliphatic heterocycles. The van der Waals surface area contributed by atoms with Crippen LogP contribution < -0.4 is 5.32 Å². The van der Waals surface area contributed by atoms with Gasteiger partial charge < -0.3 is 5.32 Å². The molecule has 3 aromatic carbocycles. The van der Waals surface area contributed by atoms with Gasteiger partial charge in [0.05, 0.1) is 4.90 Å². The van der Waals surface area contributed by atoms with Crippen LogP contribution in [-0.4, -0.2) is 38.9 Å². The standard InChI is InChI=1S/C20H20N2O2S/c23-25(24,22-13-11-21-12-14-22)20-9-7-17(8-10-20)19-6-5-16-3-1-2-4-18(16)15-19/h1-10,15,21H,11-14H2. The molecule has 25 heavy (non-hydrogen) atoms. The summed E-state index contributed by atoms with van der Waals surface area (Å²) >= 11 is 0. The molecule has 128 valence electrons. The summed E-state index contributed by atoms with van der Waals surface area (Å²) in [7, 11) is -3.40. The summed E-state index contributed by atoms with van der Waals surface area (Å²) < 4.78 is 27.0. The van der Waals surface area contributed by atoms with E-state index in [-0.39, 0.29) is 0 Å². The number of rotatable bonds is 3. The molecule has 0 spiro atoms. The van der Waals surface area contributed by atoms with Crippen molar-refractivity contribution in [3.8, 4) is 11.1 Å². The molecular formula is C20H20N2O2S. The zero-order chi connectivity index (χ0) is 17.3. The molecule has 0 amide bonds. The maximum atomic E-state index is 12.7. The molecule has 0 saturated carbocycles. The van der Waals surface area contributed by atoms with Gasteiger partial charge in [0.25, 0.3) is 0 Å². The number of fused-ring (bicyclic) bond motifs is 1. The molecule has 1 heterocycles. The van der Waals surface area contributed by atoms with Crippen molar-refractivity contribution in [3.63, 3.8) is 0 Å². The van der Waals surface area contributed by atoms with Crippen LogP contribution in [-0.2, 0) is 10.0 Å². The number of nitrogens with one attached hydrogen (secondary N) is 1. The Labute approximate surface area is 148 Å². The summed E-state index contributed by atoms with van der Waals surface area (Å²) in [5.74, 6) is 0. The minimum Gasteiger partial charge on any atom is -0.314 e. The van der Waals surface area contributed by atoms with E-state index in [1.165, 1.54) is 10.8 Å². The van der Waals surface area contributed by atoms with E-state index >= 15 is 0 Å². The molecular weight excluding hydrogens is 332 g/mol. The summed E-state index contributed by atoms with van der Waals surface area (Å²) in [6.07, 6.45) is 0. The monoisotopic (exact) mass is 352 g/mol. The lowest BCUT2D eigenvalue weighted by Crippen LogP contribution is -2.46. The van der Waals surface area contributed by atoms with Gasteiger partial charge in [-0.2, -0.15) is 4.31 Å². The molecule has 3 aromatic rings. The van der Waals surface area contributed by atoms with Crippen molar-refractivity contribution in [2.24, 2.45) is 0 Å². The van der Waals surface area contributed by atoms with Gasteiger partial charge in [0.2, 0.25) is 10.0 Å². The van der Waals surface area contributed by atoms with E-state index in [4.69, 9.17) is 0 Å². The van der Waals surface area contributed by atoms with Crippen molar-refractivity contribution in [2.75, 3.05) is 26.2 Å². The first-order valence-corrected chi connectivity index (χ1v) is 9.89. The molecule has 0 aromatic heterocycles.